The van der Waals surface area contributed by atoms with Gasteiger partial charge < -0.3 is 25.6 Å². The number of carbonyl (C=O) groups is 2. The number of anilines is 1. The van der Waals surface area contributed by atoms with Gasteiger partial charge in [0.05, 0.1) is 6.61 Å². The number of nitrogens with one attached hydrogen (secondary N) is 2. The monoisotopic (exact) mass is 282 g/mol. The fraction of sp³-hybridized carbons (Fsp3) is 0.385. The van der Waals surface area contributed by atoms with Crippen molar-refractivity contribution in [3.8, 4) is 5.75 Å². The third kappa shape index (κ3) is 5.15. The van der Waals surface area contributed by atoms with E-state index in [-0.39, 0.29) is 13.0 Å². The second-order valence-electron chi connectivity index (χ2n) is 3.96. The van der Waals surface area contributed by atoms with Crippen molar-refractivity contribution < 1.29 is 24.5 Å². The van der Waals surface area contributed by atoms with Crippen molar-refractivity contribution in [2.24, 2.45) is 0 Å². The lowest BCUT2D eigenvalue weighted by atomic mass is 10.2. The first-order chi connectivity index (χ1) is 9.56. The van der Waals surface area contributed by atoms with Crippen LogP contribution in [0.3, 0.4) is 0 Å². The first-order valence-corrected chi connectivity index (χ1v) is 6.20. The fourth-order valence-corrected chi connectivity index (χ4v) is 1.51. The molecule has 1 aromatic rings. The zero-order chi connectivity index (χ0) is 15.0. The van der Waals surface area contributed by atoms with Crippen LogP contribution in [0, 0.1) is 0 Å². The number of aliphatic hydroxyl groups is 1. The Kier molecular flexibility index (Phi) is 6.31. The van der Waals surface area contributed by atoms with Gasteiger partial charge in [-0.3, -0.25) is 0 Å². The maximum absolute atomic E-state index is 11.6. The molecule has 1 unspecified atom stereocenters. The molecule has 1 rings (SSSR count). The molecule has 4 N–H and O–H groups in total. The Morgan fingerprint density at radius 1 is 1.30 bits per heavy atom. The fourth-order valence-electron chi connectivity index (χ4n) is 1.51. The molecule has 0 bridgehead atoms. The topological polar surface area (TPSA) is 108 Å². The van der Waals surface area contributed by atoms with E-state index in [1.54, 1.807) is 24.3 Å². The summed E-state index contributed by atoms with van der Waals surface area (Å²) >= 11 is 0. The molecule has 110 valence electrons. The van der Waals surface area contributed by atoms with Crippen LogP contribution >= 0.6 is 0 Å². The number of aliphatic carboxylic acids is 1. The Hall–Kier alpha value is -2.28. The van der Waals surface area contributed by atoms with Gasteiger partial charge in [-0.1, -0.05) is 0 Å². The van der Waals surface area contributed by atoms with Crippen LogP contribution in [-0.2, 0) is 4.79 Å². The highest BCUT2D eigenvalue weighted by Crippen LogP contribution is 2.15. The Balaban J connectivity index is 2.54. The molecule has 0 aliphatic rings. The predicted octanol–water partition coefficient (Wildman–Crippen LogP) is 1.04. The average Bonchev–Trinajstić information content (AvgIpc) is 2.40. The summed E-state index contributed by atoms with van der Waals surface area (Å²) in [6.07, 6.45) is -0.0496. The van der Waals surface area contributed by atoms with E-state index in [0.29, 0.717) is 18.0 Å². The van der Waals surface area contributed by atoms with Crippen LogP contribution in [0.5, 0.6) is 5.75 Å². The smallest absolute Gasteiger partial charge is 0.326 e. The van der Waals surface area contributed by atoms with E-state index < -0.39 is 18.0 Å². The minimum atomic E-state index is -1.19. The normalized spacial score (nSPS) is 11.5. The van der Waals surface area contributed by atoms with E-state index in [9.17, 15) is 9.59 Å². The zero-order valence-corrected chi connectivity index (χ0v) is 11.1. The highest BCUT2D eigenvalue weighted by molar-refractivity contribution is 5.92. The van der Waals surface area contributed by atoms with Gasteiger partial charge in [0, 0.05) is 18.7 Å². The van der Waals surface area contributed by atoms with E-state index in [1.807, 2.05) is 6.92 Å². The van der Waals surface area contributed by atoms with Crippen molar-refractivity contribution in [2.75, 3.05) is 18.5 Å². The molecule has 0 saturated carbocycles. The van der Waals surface area contributed by atoms with Gasteiger partial charge in [-0.15, -0.1) is 0 Å². The molecular weight excluding hydrogens is 264 g/mol. The van der Waals surface area contributed by atoms with Gasteiger partial charge in [-0.2, -0.15) is 0 Å². The molecule has 0 heterocycles. The summed E-state index contributed by atoms with van der Waals surface area (Å²) in [5, 5.41) is 22.3. The first-order valence-electron chi connectivity index (χ1n) is 6.20. The molecule has 0 aliphatic carbocycles. The third-order valence-electron chi connectivity index (χ3n) is 2.44. The Bertz CT molecular complexity index is 447. The summed E-state index contributed by atoms with van der Waals surface area (Å²) in [6, 6.07) is 4.92. The van der Waals surface area contributed by atoms with Gasteiger partial charge in [-0.25, -0.2) is 9.59 Å². The van der Waals surface area contributed by atoms with Gasteiger partial charge in [0.1, 0.15) is 11.8 Å². The van der Waals surface area contributed by atoms with Crippen LogP contribution in [0.4, 0.5) is 10.5 Å². The van der Waals surface area contributed by atoms with Gasteiger partial charge in [0.15, 0.2) is 0 Å². The number of carboxylic acid groups (broad SMARTS) is 1. The maximum Gasteiger partial charge on any atom is 0.326 e. The number of carboxylic acids is 1. The largest absolute Gasteiger partial charge is 0.494 e. The lowest BCUT2D eigenvalue weighted by Gasteiger charge is -2.14. The van der Waals surface area contributed by atoms with Crippen molar-refractivity contribution >= 4 is 17.7 Å². The Morgan fingerprint density at radius 3 is 2.45 bits per heavy atom. The lowest BCUT2D eigenvalue weighted by Crippen LogP contribution is -2.43. The zero-order valence-electron chi connectivity index (χ0n) is 11.1. The Morgan fingerprint density at radius 2 is 1.95 bits per heavy atom. The lowest BCUT2D eigenvalue weighted by molar-refractivity contribution is -0.139. The summed E-state index contributed by atoms with van der Waals surface area (Å²) in [6.45, 7) is 2.10. The standard InChI is InChI=1S/C13H18N2O5/c1-2-20-10-5-3-9(4-6-10)14-13(19)15-11(7-8-16)12(17)18/h3-6,11,16H,2,7-8H2,1H3,(H,17,18)(H2,14,15,19). The number of ether oxygens (including phenoxy) is 1. The van der Waals surface area contributed by atoms with E-state index >= 15 is 0 Å². The number of hydrogen-bond acceptors (Lipinski definition) is 4. The molecule has 1 atom stereocenters. The van der Waals surface area contributed by atoms with Crippen LogP contribution < -0.4 is 15.4 Å². The third-order valence-corrected chi connectivity index (χ3v) is 2.44. The minimum absolute atomic E-state index is 0.0496. The molecule has 0 aromatic heterocycles. The predicted molar refractivity (Wildman–Crippen MR) is 72.9 cm³/mol. The molecule has 7 nitrogen and oxygen atoms in total. The number of amides is 2. The van der Waals surface area contributed by atoms with Crippen LogP contribution in [0.25, 0.3) is 0 Å². The SMILES string of the molecule is CCOc1ccc(NC(=O)NC(CCO)C(=O)O)cc1. The quantitative estimate of drug-likeness (QED) is 0.597. The van der Waals surface area contributed by atoms with E-state index in [4.69, 9.17) is 14.9 Å². The molecule has 7 heteroatoms. The molecule has 0 radical (unpaired) electrons. The van der Waals surface area contributed by atoms with Crippen LogP contribution in [0.2, 0.25) is 0 Å². The summed E-state index contributed by atoms with van der Waals surface area (Å²) in [5.74, 6) is -0.511. The van der Waals surface area contributed by atoms with Crippen molar-refractivity contribution in [1.82, 2.24) is 5.32 Å². The van der Waals surface area contributed by atoms with Gasteiger partial charge in [0.2, 0.25) is 0 Å². The molecular formula is C13H18N2O5. The van der Waals surface area contributed by atoms with Crippen molar-refractivity contribution in [2.45, 2.75) is 19.4 Å². The van der Waals surface area contributed by atoms with Gasteiger partial charge in [-0.05, 0) is 31.2 Å². The van der Waals surface area contributed by atoms with Crippen LogP contribution in [0.1, 0.15) is 13.3 Å². The highest BCUT2D eigenvalue weighted by atomic mass is 16.5. The second-order valence-corrected chi connectivity index (χ2v) is 3.96. The van der Waals surface area contributed by atoms with Crippen molar-refractivity contribution in [3.05, 3.63) is 24.3 Å². The summed E-state index contributed by atoms with van der Waals surface area (Å²) in [7, 11) is 0. The van der Waals surface area contributed by atoms with Crippen LogP contribution in [-0.4, -0.2) is 41.5 Å². The number of rotatable bonds is 7. The molecule has 20 heavy (non-hydrogen) atoms. The summed E-state index contributed by atoms with van der Waals surface area (Å²) in [5.41, 5.74) is 0.513. The number of carbonyl (C=O) groups excluding carboxylic acids is 1. The molecule has 1 aromatic carbocycles. The van der Waals surface area contributed by atoms with E-state index in [2.05, 4.69) is 10.6 Å². The summed E-state index contributed by atoms with van der Waals surface area (Å²) < 4.78 is 5.26. The number of urea groups is 1. The van der Waals surface area contributed by atoms with E-state index in [0.717, 1.165) is 0 Å². The second kappa shape index (κ2) is 8.00. The molecule has 0 fully saturated rings. The average molecular weight is 282 g/mol. The maximum atomic E-state index is 11.6. The Labute approximate surface area is 116 Å². The molecule has 2 amide bonds. The van der Waals surface area contributed by atoms with Gasteiger partial charge >= 0.3 is 12.0 Å². The summed E-state index contributed by atoms with van der Waals surface area (Å²) in [4.78, 5) is 22.4. The van der Waals surface area contributed by atoms with Crippen LogP contribution in [0.15, 0.2) is 24.3 Å². The number of hydrogen-bond donors (Lipinski definition) is 4. The highest BCUT2D eigenvalue weighted by Gasteiger charge is 2.18. The molecule has 0 aliphatic heterocycles. The number of benzene rings is 1. The van der Waals surface area contributed by atoms with Gasteiger partial charge in [0.25, 0.3) is 0 Å². The van der Waals surface area contributed by atoms with Crippen molar-refractivity contribution in [1.29, 1.82) is 0 Å². The first kappa shape index (κ1) is 15.8. The molecule has 0 spiro atoms. The minimum Gasteiger partial charge on any atom is -0.494 e. The van der Waals surface area contributed by atoms with E-state index in [1.165, 1.54) is 0 Å². The molecule has 0 saturated heterocycles. The number of aliphatic hydroxyl groups excluding tert-OH is 1. The van der Waals surface area contributed by atoms with Crippen molar-refractivity contribution in [3.63, 3.8) is 0 Å².